The summed E-state index contributed by atoms with van der Waals surface area (Å²) in [5, 5.41) is 8.18. The second-order valence-corrected chi connectivity index (χ2v) is 6.48. The van der Waals surface area contributed by atoms with Gasteiger partial charge in [0.05, 0.1) is 21.6 Å². The summed E-state index contributed by atoms with van der Waals surface area (Å²) in [5.41, 5.74) is 1.13. The van der Waals surface area contributed by atoms with Crippen LogP contribution in [0.15, 0.2) is 42.5 Å². The molecule has 25 heavy (non-hydrogen) atoms. The molecule has 5 nitrogen and oxygen atoms in total. The lowest BCUT2D eigenvalue weighted by Gasteiger charge is -2.05. The Morgan fingerprint density at radius 2 is 1.88 bits per heavy atom. The molecule has 0 fully saturated rings. The minimum Gasteiger partial charge on any atom is -0.319 e. The number of hydrogen-bond acceptors (Lipinski definition) is 3. The Balaban J connectivity index is 1.91. The zero-order valence-electron chi connectivity index (χ0n) is 12.5. The van der Waals surface area contributed by atoms with Crippen LogP contribution in [-0.4, -0.2) is 20.7 Å². The highest BCUT2D eigenvalue weighted by Gasteiger charge is 2.18. The number of nitrogens with zero attached hydrogens (tertiary/aromatic N) is 3. The van der Waals surface area contributed by atoms with Gasteiger partial charge in [-0.25, -0.2) is 9.67 Å². The average molecular weight is 416 g/mol. The third kappa shape index (κ3) is 4.07. The number of benzene rings is 2. The van der Waals surface area contributed by atoms with Crippen LogP contribution < -0.4 is 5.32 Å². The molecule has 3 rings (SSSR count). The van der Waals surface area contributed by atoms with E-state index in [2.05, 4.69) is 15.4 Å². The van der Waals surface area contributed by atoms with E-state index < -0.39 is 5.91 Å². The van der Waals surface area contributed by atoms with Gasteiger partial charge < -0.3 is 5.32 Å². The summed E-state index contributed by atoms with van der Waals surface area (Å²) in [6.45, 7) is 0. The van der Waals surface area contributed by atoms with Crippen LogP contribution in [0.5, 0.6) is 0 Å². The first kappa shape index (κ1) is 18.0. The molecule has 1 heterocycles. The van der Waals surface area contributed by atoms with Gasteiger partial charge in [-0.15, -0.1) is 16.7 Å². The van der Waals surface area contributed by atoms with E-state index in [1.807, 2.05) is 0 Å². The molecule has 2 aromatic carbocycles. The van der Waals surface area contributed by atoms with Crippen molar-refractivity contribution in [2.75, 3.05) is 5.32 Å². The van der Waals surface area contributed by atoms with E-state index in [1.165, 1.54) is 4.68 Å². The number of alkyl halides is 1. The number of carbonyl (C=O) groups excluding carboxylic acids is 1. The Labute approximate surface area is 163 Å². The summed E-state index contributed by atoms with van der Waals surface area (Å²) in [6, 6.07) is 11.7. The van der Waals surface area contributed by atoms with Gasteiger partial charge in [-0.3, -0.25) is 4.79 Å². The maximum absolute atomic E-state index is 12.4. The van der Waals surface area contributed by atoms with Gasteiger partial charge in [0, 0.05) is 10.7 Å². The number of anilines is 1. The second kappa shape index (κ2) is 7.62. The van der Waals surface area contributed by atoms with Crippen molar-refractivity contribution in [3.8, 4) is 5.69 Å². The van der Waals surface area contributed by atoms with Crippen molar-refractivity contribution in [2.45, 2.75) is 5.88 Å². The number of aromatic nitrogens is 3. The van der Waals surface area contributed by atoms with Gasteiger partial charge in [0.25, 0.3) is 5.91 Å². The van der Waals surface area contributed by atoms with Crippen LogP contribution in [0.4, 0.5) is 5.69 Å². The zero-order valence-corrected chi connectivity index (χ0v) is 15.5. The van der Waals surface area contributed by atoms with Crippen molar-refractivity contribution in [1.29, 1.82) is 0 Å². The van der Waals surface area contributed by atoms with E-state index in [1.54, 1.807) is 42.5 Å². The molecule has 1 amide bonds. The maximum Gasteiger partial charge on any atom is 0.295 e. The Morgan fingerprint density at radius 3 is 2.56 bits per heavy atom. The van der Waals surface area contributed by atoms with Gasteiger partial charge in [0.1, 0.15) is 5.82 Å². The third-order valence-corrected chi connectivity index (χ3v) is 4.44. The fraction of sp³-hybridized carbons (Fsp3) is 0.0625. The lowest BCUT2D eigenvalue weighted by atomic mass is 10.3. The first-order valence-corrected chi connectivity index (χ1v) is 8.69. The molecule has 1 aromatic heterocycles. The van der Waals surface area contributed by atoms with Crippen LogP contribution in [0.25, 0.3) is 5.69 Å². The summed E-state index contributed by atoms with van der Waals surface area (Å²) in [6.07, 6.45) is 0. The van der Waals surface area contributed by atoms with Gasteiger partial charge in [-0.05, 0) is 36.4 Å². The number of carbonyl (C=O) groups is 1. The van der Waals surface area contributed by atoms with Crippen molar-refractivity contribution < 1.29 is 4.79 Å². The largest absolute Gasteiger partial charge is 0.319 e. The third-order valence-electron chi connectivity index (χ3n) is 3.23. The van der Waals surface area contributed by atoms with Crippen molar-refractivity contribution in [3.05, 3.63) is 69.2 Å². The topological polar surface area (TPSA) is 59.8 Å². The SMILES string of the molecule is O=C(Nc1cccc(Cl)c1)c1nc(CCl)n(-c2ccc(Cl)c(Cl)c2)n1. The predicted molar refractivity (Wildman–Crippen MR) is 100 cm³/mol. The van der Waals surface area contributed by atoms with Crippen LogP contribution >= 0.6 is 46.4 Å². The van der Waals surface area contributed by atoms with Gasteiger partial charge in [-0.2, -0.15) is 0 Å². The van der Waals surface area contributed by atoms with Crippen molar-refractivity contribution in [3.63, 3.8) is 0 Å². The minimum absolute atomic E-state index is 0.0262. The Morgan fingerprint density at radius 1 is 1.08 bits per heavy atom. The number of amides is 1. The molecule has 9 heteroatoms. The van der Waals surface area contributed by atoms with Crippen LogP contribution in [0.2, 0.25) is 15.1 Å². The highest BCUT2D eigenvalue weighted by molar-refractivity contribution is 6.42. The Hall–Kier alpha value is -1.79. The molecule has 0 saturated carbocycles. The molecular formula is C16H10Cl4N4O. The van der Waals surface area contributed by atoms with E-state index in [0.29, 0.717) is 32.3 Å². The molecule has 0 aliphatic heterocycles. The highest BCUT2D eigenvalue weighted by Crippen LogP contribution is 2.25. The first-order valence-electron chi connectivity index (χ1n) is 7.02. The van der Waals surface area contributed by atoms with Crippen LogP contribution in [0.1, 0.15) is 16.4 Å². The van der Waals surface area contributed by atoms with E-state index >= 15 is 0 Å². The minimum atomic E-state index is -0.479. The first-order chi connectivity index (χ1) is 12.0. The summed E-state index contributed by atoms with van der Waals surface area (Å²) >= 11 is 23.8. The summed E-state index contributed by atoms with van der Waals surface area (Å²) < 4.78 is 1.45. The van der Waals surface area contributed by atoms with E-state index in [-0.39, 0.29) is 11.7 Å². The molecule has 0 radical (unpaired) electrons. The van der Waals surface area contributed by atoms with Crippen molar-refractivity contribution in [2.24, 2.45) is 0 Å². The maximum atomic E-state index is 12.4. The Kier molecular flexibility index (Phi) is 5.49. The van der Waals surface area contributed by atoms with Crippen molar-refractivity contribution in [1.82, 2.24) is 14.8 Å². The highest BCUT2D eigenvalue weighted by atomic mass is 35.5. The Bertz CT molecular complexity index is 942. The average Bonchev–Trinajstić information content (AvgIpc) is 3.02. The monoisotopic (exact) mass is 414 g/mol. The van der Waals surface area contributed by atoms with E-state index in [0.717, 1.165) is 0 Å². The number of halogens is 4. The van der Waals surface area contributed by atoms with Gasteiger partial charge in [-0.1, -0.05) is 40.9 Å². The molecule has 0 saturated heterocycles. The lowest BCUT2D eigenvalue weighted by molar-refractivity contribution is 0.101. The van der Waals surface area contributed by atoms with E-state index in [9.17, 15) is 4.79 Å². The molecular weight excluding hydrogens is 406 g/mol. The predicted octanol–water partition coefficient (Wildman–Crippen LogP) is 5.22. The van der Waals surface area contributed by atoms with Crippen LogP contribution in [-0.2, 0) is 5.88 Å². The molecule has 128 valence electrons. The second-order valence-electron chi connectivity index (χ2n) is 4.96. The molecule has 0 unspecified atom stereocenters. The van der Waals surface area contributed by atoms with Gasteiger partial charge in [0.15, 0.2) is 0 Å². The van der Waals surface area contributed by atoms with E-state index in [4.69, 9.17) is 46.4 Å². The summed E-state index contributed by atoms with van der Waals surface area (Å²) in [5.74, 6) is -0.0389. The molecule has 0 aliphatic rings. The zero-order chi connectivity index (χ0) is 18.0. The number of hydrogen-bond donors (Lipinski definition) is 1. The number of nitrogens with one attached hydrogen (secondary N) is 1. The lowest BCUT2D eigenvalue weighted by Crippen LogP contribution is -2.14. The summed E-state index contributed by atoms with van der Waals surface area (Å²) in [4.78, 5) is 16.6. The molecule has 3 aromatic rings. The van der Waals surface area contributed by atoms with Gasteiger partial charge in [0.2, 0.25) is 5.82 Å². The smallest absolute Gasteiger partial charge is 0.295 e. The standard InChI is InChI=1S/C16H10Cl4N4O/c17-8-14-22-15(16(25)21-10-3-1-2-9(18)6-10)23-24(14)11-4-5-12(19)13(20)7-11/h1-7H,8H2,(H,21,25). The molecule has 0 spiro atoms. The molecule has 0 bridgehead atoms. The fourth-order valence-electron chi connectivity index (χ4n) is 2.10. The van der Waals surface area contributed by atoms with Crippen LogP contribution in [0, 0.1) is 0 Å². The van der Waals surface area contributed by atoms with Crippen LogP contribution in [0.3, 0.4) is 0 Å². The molecule has 1 N–H and O–H groups in total. The summed E-state index contributed by atoms with van der Waals surface area (Å²) in [7, 11) is 0. The normalized spacial score (nSPS) is 10.7. The number of rotatable bonds is 4. The van der Waals surface area contributed by atoms with Crippen molar-refractivity contribution >= 4 is 58.0 Å². The molecule has 0 aliphatic carbocycles. The van der Waals surface area contributed by atoms with Gasteiger partial charge >= 0.3 is 0 Å². The quantitative estimate of drug-likeness (QED) is 0.594. The molecule has 0 atom stereocenters. The fourth-order valence-corrected chi connectivity index (χ4v) is 2.76.